The van der Waals surface area contributed by atoms with Crippen molar-refractivity contribution in [2.45, 2.75) is 24.1 Å². The van der Waals surface area contributed by atoms with Crippen molar-refractivity contribution in [3.8, 4) is 16.3 Å². The van der Waals surface area contributed by atoms with Crippen LogP contribution in [0.3, 0.4) is 0 Å². The Hall–Kier alpha value is -1.07. The summed E-state index contributed by atoms with van der Waals surface area (Å²) >= 11 is 5.62. The number of aromatic nitrogens is 2. The summed E-state index contributed by atoms with van der Waals surface area (Å²) in [6, 6.07) is 7.92. The van der Waals surface area contributed by atoms with Crippen LogP contribution < -0.4 is 4.74 Å². The lowest BCUT2D eigenvalue weighted by Gasteiger charge is -2.05. The van der Waals surface area contributed by atoms with E-state index in [4.69, 9.17) is 4.74 Å². The summed E-state index contributed by atoms with van der Waals surface area (Å²) in [7, 11) is 0. The average Bonchev–Trinajstić information content (AvgIpc) is 2.77. The Balaban J connectivity index is 2.02. The third-order valence-corrected chi connectivity index (χ3v) is 3.42. The van der Waals surface area contributed by atoms with E-state index in [1.54, 1.807) is 0 Å². The van der Waals surface area contributed by atoms with Gasteiger partial charge >= 0.3 is 0 Å². The molecule has 0 saturated heterocycles. The molecule has 1 aromatic carbocycles. The monoisotopic (exact) mass is 266 g/mol. The van der Waals surface area contributed by atoms with Crippen molar-refractivity contribution in [3.05, 3.63) is 24.3 Å². The molecule has 0 bridgehead atoms. The van der Waals surface area contributed by atoms with Gasteiger partial charge in [0.1, 0.15) is 10.8 Å². The minimum absolute atomic E-state index is 0.684. The molecule has 1 heterocycles. The fraction of sp³-hybridized carbons (Fsp3) is 0.333. The molecule has 17 heavy (non-hydrogen) atoms. The first kappa shape index (κ1) is 12.4. The van der Waals surface area contributed by atoms with E-state index in [-0.39, 0.29) is 0 Å². The second-order valence-electron chi connectivity index (χ2n) is 3.62. The van der Waals surface area contributed by atoms with Gasteiger partial charge in [-0.05, 0) is 30.7 Å². The van der Waals surface area contributed by atoms with E-state index in [2.05, 4.69) is 29.7 Å². The Labute approximate surface area is 110 Å². The van der Waals surface area contributed by atoms with Crippen molar-refractivity contribution in [1.29, 1.82) is 0 Å². The van der Waals surface area contributed by atoms with Gasteiger partial charge in [0.2, 0.25) is 0 Å². The summed E-state index contributed by atoms with van der Waals surface area (Å²) in [5.74, 6) is 0.901. The fourth-order valence-electron chi connectivity index (χ4n) is 1.36. The molecule has 0 amide bonds. The molecule has 0 aliphatic heterocycles. The number of hydrogen-bond donors (Lipinski definition) is 1. The van der Waals surface area contributed by atoms with Gasteiger partial charge in [0, 0.05) is 5.56 Å². The van der Waals surface area contributed by atoms with Crippen LogP contribution >= 0.6 is 24.0 Å². The van der Waals surface area contributed by atoms with E-state index >= 15 is 0 Å². The summed E-state index contributed by atoms with van der Waals surface area (Å²) in [5, 5.41) is 8.80. The fourth-order valence-corrected chi connectivity index (χ4v) is 2.25. The molecule has 0 aliphatic rings. The lowest BCUT2D eigenvalue weighted by molar-refractivity contribution is 0.309. The normalized spacial score (nSPS) is 10.5. The molecule has 0 aliphatic carbocycles. The standard InChI is InChI=1S/C12H14N2OS2/c1-2-3-8-15-10-6-4-9(5-7-10)11-13-14-12(16)17-11/h4-7H,2-3,8H2,1H3,(H,14,16). The van der Waals surface area contributed by atoms with E-state index in [1.165, 1.54) is 11.3 Å². The van der Waals surface area contributed by atoms with E-state index in [0.717, 1.165) is 35.8 Å². The molecule has 0 saturated carbocycles. The van der Waals surface area contributed by atoms with Crippen molar-refractivity contribution in [2.24, 2.45) is 0 Å². The first-order valence-corrected chi connectivity index (χ1v) is 6.81. The Bertz CT molecular complexity index is 468. The number of hydrogen-bond acceptors (Lipinski definition) is 5. The lowest BCUT2D eigenvalue weighted by Crippen LogP contribution is -1.95. The summed E-state index contributed by atoms with van der Waals surface area (Å²) in [6.45, 7) is 2.92. The van der Waals surface area contributed by atoms with Crippen molar-refractivity contribution in [3.63, 3.8) is 0 Å². The maximum absolute atomic E-state index is 5.59. The van der Waals surface area contributed by atoms with Gasteiger partial charge in [-0.25, -0.2) is 0 Å². The Kier molecular flexibility index (Phi) is 4.39. The van der Waals surface area contributed by atoms with Crippen molar-refractivity contribution >= 4 is 24.0 Å². The molecule has 0 spiro atoms. The maximum atomic E-state index is 5.59. The third kappa shape index (κ3) is 3.44. The number of nitrogens with zero attached hydrogens (tertiary/aromatic N) is 2. The molecule has 0 radical (unpaired) electrons. The van der Waals surface area contributed by atoms with E-state index in [0.29, 0.717) is 4.34 Å². The van der Waals surface area contributed by atoms with Crippen LogP contribution in [-0.2, 0) is 0 Å². The van der Waals surface area contributed by atoms with Crippen molar-refractivity contribution < 1.29 is 4.74 Å². The van der Waals surface area contributed by atoms with E-state index < -0.39 is 0 Å². The molecule has 2 rings (SSSR count). The zero-order valence-corrected chi connectivity index (χ0v) is 11.3. The second kappa shape index (κ2) is 6.02. The molecule has 0 unspecified atom stereocenters. The van der Waals surface area contributed by atoms with Gasteiger partial charge in [0.15, 0.2) is 4.34 Å². The van der Waals surface area contributed by atoms with Gasteiger partial charge < -0.3 is 4.74 Å². The van der Waals surface area contributed by atoms with Crippen LogP contribution in [0.25, 0.3) is 10.6 Å². The minimum atomic E-state index is 0.684. The third-order valence-electron chi connectivity index (χ3n) is 2.28. The van der Waals surface area contributed by atoms with E-state index in [9.17, 15) is 0 Å². The largest absolute Gasteiger partial charge is 0.494 e. The maximum Gasteiger partial charge on any atom is 0.171 e. The smallest absolute Gasteiger partial charge is 0.171 e. The molecule has 0 N–H and O–H groups in total. The van der Waals surface area contributed by atoms with Crippen molar-refractivity contribution in [2.75, 3.05) is 6.61 Å². The molecule has 1 aromatic heterocycles. The Morgan fingerprint density at radius 3 is 2.59 bits per heavy atom. The number of rotatable bonds is 5. The predicted octanol–water partition coefficient (Wildman–Crippen LogP) is 3.67. The summed E-state index contributed by atoms with van der Waals surface area (Å²) in [5.41, 5.74) is 1.05. The lowest BCUT2D eigenvalue weighted by atomic mass is 10.2. The van der Waals surface area contributed by atoms with Gasteiger partial charge in [-0.1, -0.05) is 24.7 Å². The first-order chi connectivity index (χ1) is 8.29. The molecule has 0 atom stereocenters. The topological polar surface area (TPSA) is 35.0 Å². The van der Waals surface area contributed by atoms with Gasteiger partial charge in [-0.3, -0.25) is 0 Å². The molecule has 0 fully saturated rings. The zero-order chi connectivity index (χ0) is 12.1. The molecule has 2 aromatic rings. The van der Waals surface area contributed by atoms with Crippen LogP contribution in [0.5, 0.6) is 5.75 Å². The minimum Gasteiger partial charge on any atom is -0.494 e. The zero-order valence-electron chi connectivity index (χ0n) is 9.59. The van der Waals surface area contributed by atoms with E-state index in [1.807, 2.05) is 24.3 Å². The second-order valence-corrected chi connectivity index (χ2v) is 5.32. The summed E-state index contributed by atoms with van der Waals surface area (Å²) < 4.78 is 6.28. The van der Waals surface area contributed by atoms with Crippen LogP contribution in [0.4, 0.5) is 0 Å². The predicted molar refractivity (Wildman–Crippen MR) is 73.0 cm³/mol. The molecular formula is C12H14N2OS2. The van der Waals surface area contributed by atoms with Crippen LogP contribution in [0.15, 0.2) is 28.6 Å². The van der Waals surface area contributed by atoms with Crippen LogP contribution in [0.1, 0.15) is 19.8 Å². The van der Waals surface area contributed by atoms with Crippen molar-refractivity contribution in [1.82, 2.24) is 10.2 Å². The van der Waals surface area contributed by atoms with Crippen LogP contribution in [0.2, 0.25) is 0 Å². The highest BCUT2D eigenvalue weighted by Crippen LogP contribution is 2.26. The number of ether oxygens (including phenoxy) is 1. The first-order valence-electron chi connectivity index (χ1n) is 5.55. The molecule has 90 valence electrons. The SMILES string of the molecule is CCCCOc1ccc(-c2nnc(S)s2)cc1. The summed E-state index contributed by atoms with van der Waals surface area (Å²) in [4.78, 5) is 0. The van der Waals surface area contributed by atoms with Gasteiger partial charge in [-0.2, -0.15) is 0 Å². The quantitative estimate of drug-likeness (QED) is 0.662. The van der Waals surface area contributed by atoms with Crippen LogP contribution in [-0.4, -0.2) is 16.8 Å². The van der Waals surface area contributed by atoms with Gasteiger partial charge in [-0.15, -0.1) is 22.8 Å². The highest BCUT2D eigenvalue weighted by Gasteiger charge is 2.04. The number of benzene rings is 1. The Morgan fingerprint density at radius 2 is 2.00 bits per heavy atom. The molecule has 3 nitrogen and oxygen atoms in total. The van der Waals surface area contributed by atoms with Crippen LogP contribution in [0, 0.1) is 0 Å². The van der Waals surface area contributed by atoms with Gasteiger partial charge in [0.25, 0.3) is 0 Å². The number of unbranched alkanes of at least 4 members (excludes halogenated alkanes) is 1. The summed E-state index contributed by atoms with van der Waals surface area (Å²) in [6.07, 6.45) is 2.23. The molecular weight excluding hydrogens is 252 g/mol. The number of thiol groups is 1. The average molecular weight is 266 g/mol. The van der Waals surface area contributed by atoms with Gasteiger partial charge in [0.05, 0.1) is 6.61 Å². The molecule has 5 heteroatoms. The Morgan fingerprint density at radius 1 is 1.24 bits per heavy atom. The highest BCUT2D eigenvalue weighted by molar-refractivity contribution is 7.82. The highest BCUT2D eigenvalue weighted by atomic mass is 32.2.